The summed E-state index contributed by atoms with van der Waals surface area (Å²) in [5.74, 6) is -0.638. The summed E-state index contributed by atoms with van der Waals surface area (Å²) >= 11 is 11.8. The number of esters is 1. The first-order valence-electron chi connectivity index (χ1n) is 5.35. The fourth-order valence-electron chi connectivity index (χ4n) is 1.91. The summed E-state index contributed by atoms with van der Waals surface area (Å²) in [7, 11) is 1.28. The summed E-state index contributed by atoms with van der Waals surface area (Å²) in [5.41, 5.74) is 0.753. The Morgan fingerprint density at radius 3 is 2.78 bits per heavy atom. The van der Waals surface area contributed by atoms with Gasteiger partial charge in [-0.25, -0.2) is 4.79 Å². The largest absolute Gasteiger partial charge is 0.465 e. The second-order valence-corrected chi connectivity index (χ2v) is 5.01. The number of amides is 1. The van der Waals surface area contributed by atoms with Crippen molar-refractivity contribution >= 4 is 40.8 Å². The molecule has 0 bridgehead atoms. The highest BCUT2D eigenvalue weighted by atomic mass is 35.5. The van der Waals surface area contributed by atoms with Crippen LogP contribution in [0.15, 0.2) is 18.2 Å². The van der Waals surface area contributed by atoms with Crippen molar-refractivity contribution in [2.24, 2.45) is 0 Å². The van der Waals surface area contributed by atoms with E-state index < -0.39 is 5.97 Å². The van der Waals surface area contributed by atoms with Crippen LogP contribution in [-0.2, 0) is 9.53 Å². The van der Waals surface area contributed by atoms with Crippen molar-refractivity contribution in [1.82, 2.24) is 0 Å². The van der Waals surface area contributed by atoms with Gasteiger partial charge in [0.15, 0.2) is 0 Å². The van der Waals surface area contributed by atoms with Crippen LogP contribution in [-0.4, -0.2) is 30.9 Å². The van der Waals surface area contributed by atoms with Crippen LogP contribution in [0.2, 0.25) is 5.02 Å². The number of alkyl halides is 1. The van der Waals surface area contributed by atoms with Crippen molar-refractivity contribution < 1.29 is 14.3 Å². The van der Waals surface area contributed by atoms with Crippen LogP contribution >= 0.6 is 23.2 Å². The number of benzene rings is 1. The van der Waals surface area contributed by atoms with Crippen molar-refractivity contribution in [3.63, 3.8) is 0 Å². The van der Waals surface area contributed by atoms with E-state index in [0.717, 1.165) is 0 Å². The van der Waals surface area contributed by atoms with Crippen molar-refractivity contribution in [2.75, 3.05) is 18.6 Å². The second kappa shape index (κ2) is 5.16. The zero-order valence-corrected chi connectivity index (χ0v) is 11.2. The molecule has 1 saturated heterocycles. The first-order valence-corrected chi connectivity index (χ1v) is 6.16. The minimum atomic E-state index is -0.529. The summed E-state index contributed by atoms with van der Waals surface area (Å²) in [6, 6.07) is 4.73. The topological polar surface area (TPSA) is 46.6 Å². The SMILES string of the molecule is COC(=O)c1cc(Cl)ccc1N1CC(Cl)CC1=O. The van der Waals surface area contributed by atoms with Gasteiger partial charge in [0, 0.05) is 18.0 Å². The number of rotatable bonds is 2. The Morgan fingerprint density at radius 1 is 1.50 bits per heavy atom. The van der Waals surface area contributed by atoms with Crippen LogP contribution in [0.25, 0.3) is 0 Å². The Balaban J connectivity index is 2.44. The molecule has 1 aromatic rings. The van der Waals surface area contributed by atoms with E-state index in [2.05, 4.69) is 4.74 Å². The quantitative estimate of drug-likeness (QED) is 0.620. The first kappa shape index (κ1) is 13.2. The molecule has 0 spiro atoms. The summed E-state index contributed by atoms with van der Waals surface area (Å²) in [5, 5.41) is 0.173. The molecule has 96 valence electrons. The smallest absolute Gasteiger partial charge is 0.340 e. The van der Waals surface area contributed by atoms with Gasteiger partial charge in [-0.1, -0.05) is 11.6 Å². The van der Waals surface area contributed by atoms with Gasteiger partial charge in [0.1, 0.15) is 0 Å². The summed E-state index contributed by atoms with van der Waals surface area (Å²) < 4.78 is 4.69. The Morgan fingerprint density at radius 2 is 2.22 bits per heavy atom. The Bertz CT molecular complexity index is 504. The number of carbonyl (C=O) groups excluding carboxylic acids is 2. The molecule has 1 fully saturated rings. The molecule has 1 heterocycles. The fourth-order valence-corrected chi connectivity index (χ4v) is 2.36. The van der Waals surface area contributed by atoms with E-state index in [1.807, 2.05) is 0 Å². The Labute approximate surface area is 114 Å². The summed E-state index contributed by atoms with van der Waals surface area (Å²) in [6.45, 7) is 0.381. The minimum Gasteiger partial charge on any atom is -0.465 e. The van der Waals surface area contributed by atoms with Gasteiger partial charge < -0.3 is 9.64 Å². The molecular formula is C12H11Cl2NO3. The molecule has 1 atom stereocenters. The molecule has 0 saturated carbocycles. The number of hydrogen-bond acceptors (Lipinski definition) is 3. The molecule has 4 nitrogen and oxygen atoms in total. The van der Waals surface area contributed by atoms with E-state index in [1.165, 1.54) is 18.1 Å². The zero-order chi connectivity index (χ0) is 13.3. The predicted octanol–water partition coefficient (Wildman–Crippen LogP) is 2.47. The third kappa shape index (κ3) is 2.44. The lowest BCUT2D eigenvalue weighted by Crippen LogP contribution is -2.26. The van der Waals surface area contributed by atoms with Crippen molar-refractivity contribution in [2.45, 2.75) is 11.8 Å². The highest BCUT2D eigenvalue weighted by Gasteiger charge is 2.31. The first-order chi connectivity index (χ1) is 8.52. The van der Waals surface area contributed by atoms with Gasteiger partial charge in [-0.15, -0.1) is 11.6 Å². The Kier molecular flexibility index (Phi) is 3.78. The number of halogens is 2. The van der Waals surface area contributed by atoms with Crippen LogP contribution in [0.1, 0.15) is 16.8 Å². The monoisotopic (exact) mass is 287 g/mol. The summed E-state index contributed by atoms with van der Waals surface area (Å²) in [6.07, 6.45) is 0.269. The van der Waals surface area contributed by atoms with E-state index in [1.54, 1.807) is 12.1 Å². The second-order valence-electron chi connectivity index (χ2n) is 3.96. The molecule has 0 aliphatic carbocycles. The van der Waals surface area contributed by atoms with E-state index in [4.69, 9.17) is 23.2 Å². The molecule has 6 heteroatoms. The molecule has 1 amide bonds. The van der Waals surface area contributed by atoms with Crippen LogP contribution in [0.4, 0.5) is 5.69 Å². The molecule has 1 aliphatic heterocycles. The Hall–Kier alpha value is -1.26. The van der Waals surface area contributed by atoms with Gasteiger partial charge in [0.2, 0.25) is 5.91 Å². The predicted molar refractivity (Wildman–Crippen MR) is 69.4 cm³/mol. The van der Waals surface area contributed by atoms with Crippen LogP contribution in [0, 0.1) is 0 Å². The highest BCUT2D eigenvalue weighted by molar-refractivity contribution is 6.31. The molecule has 2 rings (SSSR count). The maximum Gasteiger partial charge on any atom is 0.340 e. The highest BCUT2D eigenvalue weighted by Crippen LogP contribution is 2.30. The molecular weight excluding hydrogens is 277 g/mol. The normalized spacial score (nSPS) is 19.2. The van der Waals surface area contributed by atoms with Crippen LogP contribution < -0.4 is 4.90 Å². The lowest BCUT2D eigenvalue weighted by Gasteiger charge is -2.19. The molecule has 1 unspecified atom stereocenters. The van der Waals surface area contributed by atoms with Crippen molar-refractivity contribution in [3.05, 3.63) is 28.8 Å². The van der Waals surface area contributed by atoms with Crippen molar-refractivity contribution in [3.8, 4) is 0 Å². The molecule has 0 aromatic heterocycles. The number of nitrogens with zero attached hydrogens (tertiary/aromatic N) is 1. The van der Waals surface area contributed by atoms with E-state index in [-0.39, 0.29) is 23.3 Å². The number of hydrogen-bond donors (Lipinski definition) is 0. The maximum absolute atomic E-state index is 11.8. The molecule has 1 aliphatic rings. The van der Waals surface area contributed by atoms with Gasteiger partial charge >= 0.3 is 5.97 Å². The van der Waals surface area contributed by atoms with Gasteiger partial charge in [0.25, 0.3) is 0 Å². The maximum atomic E-state index is 11.8. The average molecular weight is 288 g/mol. The van der Waals surface area contributed by atoms with Crippen LogP contribution in [0.5, 0.6) is 0 Å². The number of ether oxygens (including phenoxy) is 1. The van der Waals surface area contributed by atoms with Crippen molar-refractivity contribution in [1.29, 1.82) is 0 Å². The van der Waals surface area contributed by atoms with Gasteiger partial charge in [-0.05, 0) is 18.2 Å². The number of methoxy groups -OCH3 is 1. The van der Waals surface area contributed by atoms with Gasteiger partial charge in [0.05, 0.1) is 23.7 Å². The molecule has 1 aromatic carbocycles. The summed E-state index contributed by atoms with van der Waals surface area (Å²) in [4.78, 5) is 25.0. The van der Waals surface area contributed by atoms with Gasteiger partial charge in [-0.2, -0.15) is 0 Å². The van der Waals surface area contributed by atoms with E-state index in [9.17, 15) is 9.59 Å². The van der Waals surface area contributed by atoms with Gasteiger partial charge in [-0.3, -0.25) is 4.79 Å². The minimum absolute atomic E-state index is 0.109. The average Bonchev–Trinajstić information content (AvgIpc) is 2.67. The third-order valence-electron chi connectivity index (χ3n) is 2.73. The lowest BCUT2D eigenvalue weighted by molar-refractivity contribution is -0.117. The molecule has 0 N–H and O–H groups in total. The van der Waals surface area contributed by atoms with E-state index >= 15 is 0 Å². The third-order valence-corrected chi connectivity index (χ3v) is 3.26. The zero-order valence-electron chi connectivity index (χ0n) is 9.65. The molecule has 18 heavy (non-hydrogen) atoms. The number of anilines is 1. The number of carbonyl (C=O) groups is 2. The molecule has 0 radical (unpaired) electrons. The standard InChI is InChI=1S/C12H11Cl2NO3/c1-18-12(17)9-4-7(13)2-3-10(9)15-6-8(14)5-11(15)16/h2-4,8H,5-6H2,1H3. The van der Waals surface area contributed by atoms with Crippen LogP contribution in [0.3, 0.4) is 0 Å². The fraction of sp³-hybridized carbons (Fsp3) is 0.333. The lowest BCUT2D eigenvalue weighted by atomic mass is 10.1. The van der Waals surface area contributed by atoms with E-state index in [0.29, 0.717) is 17.3 Å².